The number of rotatable bonds is 10. The minimum atomic E-state index is -0.479. The van der Waals surface area contributed by atoms with Crippen molar-refractivity contribution >= 4 is 35.0 Å². The molecule has 2 rings (SSSR count). The van der Waals surface area contributed by atoms with Crippen LogP contribution in [0.4, 0.5) is 5.69 Å². The summed E-state index contributed by atoms with van der Waals surface area (Å²) in [5.74, 6) is 1.47. The number of hydrogen-bond acceptors (Lipinski definition) is 6. The number of methoxy groups -OCH3 is 1. The topological polar surface area (TPSA) is 103 Å². The van der Waals surface area contributed by atoms with E-state index in [9.17, 15) is 14.9 Å². The van der Waals surface area contributed by atoms with Gasteiger partial charge >= 0.3 is 0 Å². The lowest BCUT2D eigenvalue weighted by Gasteiger charge is -2.14. The van der Waals surface area contributed by atoms with Crippen LogP contribution in [-0.2, 0) is 11.3 Å². The molecule has 1 amide bonds. The van der Waals surface area contributed by atoms with Crippen molar-refractivity contribution in [3.8, 4) is 11.5 Å². The Morgan fingerprint density at radius 1 is 1.19 bits per heavy atom. The van der Waals surface area contributed by atoms with Crippen LogP contribution in [0.3, 0.4) is 0 Å². The molecule has 2 aromatic rings. The van der Waals surface area contributed by atoms with Crippen LogP contribution >= 0.6 is 12.2 Å². The number of thiocarbonyl (C=S) groups is 1. The van der Waals surface area contributed by atoms with E-state index in [-0.39, 0.29) is 10.8 Å². The first-order valence-electron chi connectivity index (χ1n) is 10.1. The molecule has 0 aromatic heterocycles. The van der Waals surface area contributed by atoms with Crippen molar-refractivity contribution < 1.29 is 19.2 Å². The van der Waals surface area contributed by atoms with E-state index in [0.29, 0.717) is 36.1 Å². The molecular weight excluding hydrogens is 430 g/mol. The number of carbonyl (C=O) groups excluding carboxylic acids is 1. The van der Waals surface area contributed by atoms with Gasteiger partial charge in [0, 0.05) is 24.8 Å². The molecule has 0 aliphatic carbocycles. The maximum Gasteiger partial charge on any atom is 0.269 e. The van der Waals surface area contributed by atoms with Gasteiger partial charge in [-0.25, -0.2) is 0 Å². The Labute approximate surface area is 192 Å². The molecule has 0 unspecified atom stereocenters. The molecule has 0 atom stereocenters. The molecule has 0 spiro atoms. The molecule has 2 aromatic carbocycles. The van der Waals surface area contributed by atoms with Gasteiger partial charge in [0.15, 0.2) is 16.6 Å². The number of nitrogens with one attached hydrogen (secondary N) is 2. The molecule has 170 valence electrons. The first kappa shape index (κ1) is 24.8. The third-order valence-corrected chi connectivity index (χ3v) is 4.65. The van der Waals surface area contributed by atoms with Gasteiger partial charge in [0.1, 0.15) is 0 Å². The maximum absolute atomic E-state index is 12.0. The number of nitro groups is 1. The lowest BCUT2D eigenvalue weighted by atomic mass is 10.1. The molecule has 0 heterocycles. The van der Waals surface area contributed by atoms with Crippen LogP contribution in [0.2, 0.25) is 0 Å². The highest BCUT2D eigenvalue weighted by atomic mass is 32.1. The van der Waals surface area contributed by atoms with Gasteiger partial charge in [0.2, 0.25) is 5.91 Å². The molecular formula is C23H27N3O5S. The fraction of sp³-hybridized carbons (Fsp3) is 0.304. The summed E-state index contributed by atoms with van der Waals surface area (Å²) >= 11 is 5.17. The van der Waals surface area contributed by atoms with E-state index in [1.165, 1.54) is 18.2 Å². The number of carbonyl (C=O) groups is 1. The Hall–Kier alpha value is -3.46. The predicted molar refractivity (Wildman–Crippen MR) is 128 cm³/mol. The predicted octanol–water partition coefficient (Wildman–Crippen LogP) is 4.23. The van der Waals surface area contributed by atoms with Gasteiger partial charge in [-0.3, -0.25) is 20.2 Å². The standard InChI is InChI=1S/C23H27N3O5S/c1-16(2)12-13-31-20-10-6-18(14-21(20)30-3)15-24-23(32)25-22(27)11-7-17-4-8-19(9-5-17)26(28)29/h4-11,14,16H,12-13,15H2,1-3H3,(H2,24,25,27,32)/b11-7+. The zero-order chi connectivity index (χ0) is 23.5. The molecule has 32 heavy (non-hydrogen) atoms. The Kier molecular flexibility index (Phi) is 9.62. The smallest absolute Gasteiger partial charge is 0.269 e. The monoisotopic (exact) mass is 457 g/mol. The number of nitro benzene ring substituents is 1. The van der Waals surface area contributed by atoms with Crippen molar-refractivity contribution in [2.24, 2.45) is 5.92 Å². The molecule has 0 radical (unpaired) electrons. The summed E-state index contributed by atoms with van der Waals surface area (Å²) in [7, 11) is 1.59. The highest BCUT2D eigenvalue weighted by Crippen LogP contribution is 2.28. The van der Waals surface area contributed by atoms with Crippen LogP contribution in [0.1, 0.15) is 31.4 Å². The lowest BCUT2D eigenvalue weighted by Crippen LogP contribution is -2.37. The van der Waals surface area contributed by atoms with Crippen molar-refractivity contribution in [3.05, 3.63) is 69.8 Å². The van der Waals surface area contributed by atoms with Gasteiger partial charge in [0.25, 0.3) is 5.69 Å². The van der Waals surface area contributed by atoms with E-state index in [1.54, 1.807) is 25.3 Å². The van der Waals surface area contributed by atoms with Gasteiger partial charge in [-0.05, 0) is 66.0 Å². The van der Waals surface area contributed by atoms with E-state index in [0.717, 1.165) is 12.0 Å². The number of hydrogen-bond donors (Lipinski definition) is 2. The Morgan fingerprint density at radius 2 is 1.91 bits per heavy atom. The highest BCUT2D eigenvalue weighted by molar-refractivity contribution is 7.80. The Morgan fingerprint density at radius 3 is 2.53 bits per heavy atom. The van der Waals surface area contributed by atoms with Crippen LogP contribution in [-0.4, -0.2) is 29.7 Å². The first-order valence-corrected chi connectivity index (χ1v) is 10.5. The lowest BCUT2D eigenvalue weighted by molar-refractivity contribution is -0.384. The van der Waals surface area contributed by atoms with Crippen LogP contribution in [0.15, 0.2) is 48.5 Å². The molecule has 9 heteroatoms. The van der Waals surface area contributed by atoms with Gasteiger partial charge in [-0.1, -0.05) is 19.9 Å². The minimum Gasteiger partial charge on any atom is -0.493 e. The van der Waals surface area contributed by atoms with Crippen molar-refractivity contribution in [1.29, 1.82) is 0 Å². The van der Waals surface area contributed by atoms with Crippen LogP contribution in [0, 0.1) is 16.0 Å². The summed E-state index contributed by atoms with van der Waals surface area (Å²) in [6.45, 7) is 5.30. The van der Waals surface area contributed by atoms with E-state index >= 15 is 0 Å². The fourth-order valence-electron chi connectivity index (χ4n) is 2.60. The van der Waals surface area contributed by atoms with E-state index < -0.39 is 10.8 Å². The van der Waals surface area contributed by atoms with Crippen LogP contribution in [0.25, 0.3) is 6.08 Å². The second-order valence-electron chi connectivity index (χ2n) is 7.37. The molecule has 0 saturated carbocycles. The van der Waals surface area contributed by atoms with Gasteiger partial charge in [0.05, 0.1) is 18.6 Å². The second kappa shape index (κ2) is 12.4. The highest BCUT2D eigenvalue weighted by Gasteiger charge is 2.08. The minimum absolute atomic E-state index is 0.0104. The van der Waals surface area contributed by atoms with Crippen molar-refractivity contribution in [1.82, 2.24) is 10.6 Å². The summed E-state index contributed by atoms with van der Waals surface area (Å²) in [5, 5.41) is 16.4. The second-order valence-corrected chi connectivity index (χ2v) is 7.78. The van der Waals surface area contributed by atoms with Crippen LogP contribution in [0.5, 0.6) is 11.5 Å². The van der Waals surface area contributed by atoms with Gasteiger partial charge in [-0.15, -0.1) is 0 Å². The SMILES string of the molecule is COc1cc(CNC(=S)NC(=O)/C=C/c2ccc([N+](=O)[O-])cc2)ccc1OCCC(C)C. The van der Waals surface area contributed by atoms with E-state index in [1.807, 2.05) is 18.2 Å². The fourth-order valence-corrected chi connectivity index (χ4v) is 2.78. The number of non-ortho nitro benzene ring substituents is 1. The molecule has 2 N–H and O–H groups in total. The molecule has 0 bridgehead atoms. The Bertz CT molecular complexity index is 974. The van der Waals surface area contributed by atoms with Crippen LogP contribution < -0.4 is 20.1 Å². The quantitative estimate of drug-likeness (QED) is 0.238. The summed E-state index contributed by atoms with van der Waals surface area (Å²) < 4.78 is 11.2. The van der Waals surface area contributed by atoms with E-state index in [2.05, 4.69) is 24.5 Å². The average molecular weight is 458 g/mol. The summed E-state index contributed by atoms with van der Waals surface area (Å²) in [6, 6.07) is 11.5. The van der Waals surface area contributed by atoms with Gasteiger partial charge in [-0.2, -0.15) is 0 Å². The number of benzene rings is 2. The summed E-state index contributed by atoms with van der Waals surface area (Å²) in [5.41, 5.74) is 1.56. The molecule has 8 nitrogen and oxygen atoms in total. The normalized spacial score (nSPS) is 10.8. The summed E-state index contributed by atoms with van der Waals surface area (Å²) in [6.07, 6.45) is 3.81. The van der Waals surface area contributed by atoms with Crippen molar-refractivity contribution in [3.63, 3.8) is 0 Å². The van der Waals surface area contributed by atoms with E-state index in [4.69, 9.17) is 21.7 Å². The molecule has 0 aliphatic heterocycles. The zero-order valence-electron chi connectivity index (χ0n) is 18.3. The third kappa shape index (κ3) is 8.35. The van der Waals surface area contributed by atoms with Crippen molar-refractivity contribution in [2.75, 3.05) is 13.7 Å². The maximum atomic E-state index is 12.0. The first-order chi connectivity index (χ1) is 15.3. The Balaban J connectivity index is 1.83. The number of amides is 1. The summed E-state index contributed by atoms with van der Waals surface area (Å²) in [4.78, 5) is 22.2. The molecule has 0 saturated heterocycles. The zero-order valence-corrected chi connectivity index (χ0v) is 19.1. The van der Waals surface area contributed by atoms with Gasteiger partial charge < -0.3 is 14.8 Å². The molecule has 0 aliphatic rings. The number of nitrogens with zero attached hydrogens (tertiary/aromatic N) is 1. The number of ether oxygens (including phenoxy) is 2. The third-order valence-electron chi connectivity index (χ3n) is 4.40. The van der Waals surface area contributed by atoms with Crippen molar-refractivity contribution in [2.45, 2.75) is 26.8 Å². The largest absolute Gasteiger partial charge is 0.493 e. The molecule has 0 fully saturated rings. The average Bonchev–Trinajstić information content (AvgIpc) is 2.76.